The summed E-state index contributed by atoms with van der Waals surface area (Å²) in [5, 5.41) is 1.63. The first-order chi connectivity index (χ1) is 5.59. The second-order valence-electron chi connectivity index (χ2n) is 2.88. The van der Waals surface area contributed by atoms with Gasteiger partial charge in [-0.3, -0.25) is 0 Å². The molecular weight excluding hydrogens is 199 g/mol. The van der Waals surface area contributed by atoms with Crippen LogP contribution in [-0.4, -0.2) is 8.42 Å². The zero-order valence-corrected chi connectivity index (χ0v) is 7.79. The molecule has 0 aliphatic heterocycles. The molecule has 66 valence electrons. The summed E-state index contributed by atoms with van der Waals surface area (Å²) in [6, 6.07) is 1.70. The molecule has 1 heterocycles. The second-order valence-corrected chi connectivity index (χ2v) is 5.33. The number of hydrogen-bond acceptors (Lipinski definition) is 3. The fourth-order valence-corrected chi connectivity index (χ4v) is 3.05. The van der Waals surface area contributed by atoms with Gasteiger partial charge in [-0.25, -0.2) is 0 Å². The summed E-state index contributed by atoms with van der Waals surface area (Å²) in [5.74, 6) is 0.289. The van der Waals surface area contributed by atoms with E-state index >= 15 is 0 Å². The lowest BCUT2D eigenvalue weighted by molar-refractivity contribution is 0.553. The van der Waals surface area contributed by atoms with Gasteiger partial charge >= 0.3 is 10.2 Å². The highest BCUT2D eigenvalue weighted by Crippen LogP contribution is 2.44. The quantitative estimate of drug-likeness (QED) is 0.696. The molecular formula is C7H7FO2S2. The summed E-state index contributed by atoms with van der Waals surface area (Å²) in [5.41, 5.74) is 0.669. The standard InChI is InChI=1S/C7H7FO2S2/c8-12(9,10)7-6(3-4-11-7)5-1-2-5/h3-5H,1-2H2. The van der Waals surface area contributed by atoms with E-state index in [2.05, 4.69) is 0 Å². The molecule has 0 bridgehead atoms. The van der Waals surface area contributed by atoms with Gasteiger partial charge in [0.1, 0.15) is 0 Å². The van der Waals surface area contributed by atoms with Gasteiger partial charge in [-0.2, -0.15) is 8.42 Å². The van der Waals surface area contributed by atoms with Crippen molar-refractivity contribution in [2.45, 2.75) is 23.0 Å². The fourth-order valence-electron chi connectivity index (χ4n) is 1.20. The Hall–Kier alpha value is -0.420. The van der Waals surface area contributed by atoms with E-state index in [1.165, 1.54) is 0 Å². The Kier molecular flexibility index (Phi) is 1.73. The Morgan fingerprint density at radius 2 is 2.17 bits per heavy atom. The van der Waals surface area contributed by atoms with Gasteiger partial charge < -0.3 is 0 Å². The predicted molar refractivity (Wildman–Crippen MR) is 44.6 cm³/mol. The van der Waals surface area contributed by atoms with Gasteiger partial charge in [0.05, 0.1) is 0 Å². The summed E-state index contributed by atoms with van der Waals surface area (Å²) in [6.45, 7) is 0. The highest BCUT2D eigenvalue weighted by atomic mass is 32.3. The van der Waals surface area contributed by atoms with E-state index in [9.17, 15) is 12.3 Å². The molecule has 0 spiro atoms. The molecule has 1 aromatic heterocycles. The molecule has 2 nitrogen and oxygen atoms in total. The van der Waals surface area contributed by atoms with Gasteiger partial charge in [-0.1, -0.05) is 3.89 Å². The van der Waals surface area contributed by atoms with Crippen LogP contribution in [0.4, 0.5) is 3.89 Å². The van der Waals surface area contributed by atoms with Crippen LogP contribution in [0.1, 0.15) is 24.3 Å². The molecule has 0 amide bonds. The molecule has 0 saturated heterocycles. The number of halogens is 1. The Morgan fingerprint density at radius 1 is 1.50 bits per heavy atom. The monoisotopic (exact) mass is 206 g/mol. The molecule has 1 fully saturated rings. The molecule has 1 aliphatic rings. The maximum Gasteiger partial charge on any atom is 0.341 e. The number of hydrogen-bond donors (Lipinski definition) is 0. The first kappa shape index (κ1) is 8.19. The molecule has 0 radical (unpaired) electrons. The van der Waals surface area contributed by atoms with Crippen LogP contribution in [0.5, 0.6) is 0 Å². The lowest BCUT2D eigenvalue weighted by Crippen LogP contribution is -1.91. The van der Waals surface area contributed by atoms with Crippen LogP contribution in [0.25, 0.3) is 0 Å². The molecule has 12 heavy (non-hydrogen) atoms. The lowest BCUT2D eigenvalue weighted by Gasteiger charge is -1.94. The van der Waals surface area contributed by atoms with Gasteiger partial charge in [-0.05, 0) is 35.8 Å². The maximum atomic E-state index is 12.6. The highest BCUT2D eigenvalue weighted by Gasteiger charge is 2.31. The van der Waals surface area contributed by atoms with Crippen LogP contribution in [0.2, 0.25) is 0 Å². The van der Waals surface area contributed by atoms with Crippen LogP contribution in [-0.2, 0) is 10.2 Å². The summed E-state index contributed by atoms with van der Waals surface area (Å²) in [6.07, 6.45) is 1.97. The molecule has 0 atom stereocenters. The minimum absolute atomic E-state index is 0.0926. The van der Waals surface area contributed by atoms with Crippen LogP contribution in [0, 0.1) is 0 Å². The molecule has 5 heteroatoms. The van der Waals surface area contributed by atoms with E-state index in [-0.39, 0.29) is 10.1 Å². The van der Waals surface area contributed by atoms with Crippen LogP contribution < -0.4 is 0 Å². The van der Waals surface area contributed by atoms with E-state index < -0.39 is 10.2 Å². The van der Waals surface area contributed by atoms with E-state index in [4.69, 9.17) is 0 Å². The summed E-state index contributed by atoms with van der Waals surface area (Å²) >= 11 is 0.962. The van der Waals surface area contributed by atoms with Crippen molar-refractivity contribution in [2.75, 3.05) is 0 Å². The van der Waals surface area contributed by atoms with Crippen molar-refractivity contribution in [3.63, 3.8) is 0 Å². The van der Waals surface area contributed by atoms with Crippen molar-refractivity contribution in [1.82, 2.24) is 0 Å². The van der Waals surface area contributed by atoms with Crippen molar-refractivity contribution >= 4 is 21.6 Å². The third-order valence-corrected chi connectivity index (χ3v) is 4.18. The Bertz CT molecular complexity index is 389. The molecule has 0 unspecified atom stereocenters. The zero-order valence-electron chi connectivity index (χ0n) is 6.16. The third kappa shape index (κ3) is 1.38. The lowest BCUT2D eigenvalue weighted by atomic mass is 10.2. The van der Waals surface area contributed by atoms with Crippen molar-refractivity contribution in [3.8, 4) is 0 Å². The first-order valence-corrected chi connectivity index (χ1v) is 5.87. The van der Waals surface area contributed by atoms with E-state index in [1.54, 1.807) is 11.4 Å². The average Bonchev–Trinajstić information content (AvgIpc) is 2.65. The van der Waals surface area contributed by atoms with Gasteiger partial charge in [0, 0.05) is 0 Å². The summed E-state index contributed by atoms with van der Waals surface area (Å²) < 4.78 is 33.7. The molecule has 0 N–H and O–H groups in total. The summed E-state index contributed by atoms with van der Waals surface area (Å²) in [4.78, 5) is 0. The van der Waals surface area contributed by atoms with E-state index in [0.717, 1.165) is 24.2 Å². The normalized spacial score (nSPS) is 18.1. The third-order valence-electron chi connectivity index (χ3n) is 1.90. The average molecular weight is 206 g/mol. The zero-order chi connectivity index (χ0) is 8.77. The minimum atomic E-state index is -4.48. The van der Waals surface area contributed by atoms with E-state index in [1.807, 2.05) is 0 Å². The molecule has 0 aromatic carbocycles. The summed E-state index contributed by atoms with van der Waals surface area (Å²) in [7, 11) is -4.48. The van der Waals surface area contributed by atoms with Crippen molar-refractivity contribution < 1.29 is 12.3 Å². The van der Waals surface area contributed by atoms with Gasteiger partial charge in [-0.15, -0.1) is 11.3 Å². The highest BCUT2D eigenvalue weighted by molar-refractivity contribution is 7.88. The topological polar surface area (TPSA) is 34.1 Å². The van der Waals surface area contributed by atoms with Crippen LogP contribution in [0.15, 0.2) is 15.7 Å². The fraction of sp³-hybridized carbons (Fsp3) is 0.429. The van der Waals surface area contributed by atoms with E-state index in [0.29, 0.717) is 5.56 Å². The SMILES string of the molecule is O=S(=O)(F)c1sccc1C1CC1. The maximum absolute atomic E-state index is 12.6. The van der Waals surface area contributed by atoms with Gasteiger partial charge in [0.2, 0.25) is 0 Å². The Balaban J connectivity index is 2.49. The Morgan fingerprint density at radius 3 is 2.67 bits per heavy atom. The van der Waals surface area contributed by atoms with Crippen molar-refractivity contribution in [2.24, 2.45) is 0 Å². The van der Waals surface area contributed by atoms with Gasteiger partial charge in [0.15, 0.2) is 4.21 Å². The second kappa shape index (κ2) is 2.53. The Labute approximate surface area is 74.2 Å². The minimum Gasteiger partial charge on any atom is -0.188 e. The van der Waals surface area contributed by atoms with Crippen LogP contribution >= 0.6 is 11.3 Å². The number of rotatable bonds is 2. The molecule has 1 saturated carbocycles. The molecule has 1 aromatic rings. The predicted octanol–water partition coefficient (Wildman–Crippen LogP) is 2.28. The van der Waals surface area contributed by atoms with Crippen molar-refractivity contribution in [1.29, 1.82) is 0 Å². The van der Waals surface area contributed by atoms with Crippen molar-refractivity contribution in [3.05, 3.63) is 17.0 Å². The van der Waals surface area contributed by atoms with Gasteiger partial charge in [0.25, 0.3) is 0 Å². The number of thiophene rings is 1. The smallest absolute Gasteiger partial charge is 0.188 e. The van der Waals surface area contributed by atoms with Crippen LogP contribution in [0.3, 0.4) is 0 Å². The largest absolute Gasteiger partial charge is 0.341 e. The molecule has 1 aliphatic carbocycles. The molecule has 2 rings (SSSR count). The first-order valence-electron chi connectivity index (χ1n) is 3.61.